The highest BCUT2D eigenvalue weighted by Gasteiger charge is 2.24. The van der Waals surface area contributed by atoms with Crippen LogP contribution >= 0.6 is 0 Å². The monoisotopic (exact) mass is 397 g/mol. The molecule has 29 heavy (non-hydrogen) atoms. The van der Waals surface area contributed by atoms with Crippen molar-refractivity contribution in [2.24, 2.45) is 10.9 Å². The number of esters is 2. The van der Waals surface area contributed by atoms with Gasteiger partial charge in [0.25, 0.3) is 0 Å². The van der Waals surface area contributed by atoms with Gasteiger partial charge in [-0.25, -0.2) is 14.2 Å². The molecule has 0 amide bonds. The van der Waals surface area contributed by atoms with Crippen LogP contribution in [0.3, 0.4) is 0 Å². The fourth-order valence-electron chi connectivity index (χ4n) is 2.51. The molecule has 0 aliphatic carbocycles. The number of hydrogen-bond donors (Lipinski definition) is 0. The second-order valence-corrected chi connectivity index (χ2v) is 6.56. The molecule has 2 aromatic carbocycles. The Hall–Kier alpha value is -3.48. The molecule has 0 saturated heterocycles. The van der Waals surface area contributed by atoms with Crippen molar-refractivity contribution in [3.63, 3.8) is 0 Å². The number of ether oxygens (including phenoxy) is 3. The van der Waals surface area contributed by atoms with E-state index in [4.69, 9.17) is 14.2 Å². The number of halogens is 1. The lowest BCUT2D eigenvalue weighted by molar-refractivity contribution is -0.138. The van der Waals surface area contributed by atoms with Crippen LogP contribution in [0, 0.1) is 11.7 Å². The molecule has 1 aliphatic heterocycles. The fraction of sp³-hybridized carbons (Fsp3) is 0.227. The van der Waals surface area contributed by atoms with Crippen molar-refractivity contribution in [3.05, 3.63) is 65.1 Å². The molecule has 6 nitrogen and oxygen atoms in total. The predicted molar refractivity (Wildman–Crippen MR) is 105 cm³/mol. The van der Waals surface area contributed by atoms with Crippen molar-refractivity contribution >= 4 is 23.9 Å². The van der Waals surface area contributed by atoms with E-state index in [-0.39, 0.29) is 23.5 Å². The first kappa shape index (κ1) is 20.3. The van der Waals surface area contributed by atoms with Gasteiger partial charge in [-0.05, 0) is 48.9 Å². The molecule has 1 aliphatic rings. The lowest BCUT2D eigenvalue weighted by Gasteiger charge is -2.12. The van der Waals surface area contributed by atoms with Crippen molar-refractivity contribution in [3.8, 4) is 11.5 Å². The zero-order chi connectivity index (χ0) is 21.0. The van der Waals surface area contributed by atoms with Gasteiger partial charge in [0.2, 0.25) is 5.90 Å². The van der Waals surface area contributed by atoms with Gasteiger partial charge in [-0.15, -0.1) is 0 Å². The lowest BCUT2D eigenvalue weighted by atomic mass is 10.1. The molecule has 2 aromatic rings. The van der Waals surface area contributed by atoms with E-state index in [1.165, 1.54) is 24.3 Å². The Labute approximate surface area is 167 Å². The molecule has 0 bridgehead atoms. The zero-order valence-electron chi connectivity index (χ0n) is 16.3. The van der Waals surface area contributed by atoms with E-state index in [9.17, 15) is 14.0 Å². The van der Waals surface area contributed by atoms with E-state index in [0.717, 1.165) is 0 Å². The molecular formula is C22H20FNO5. The van der Waals surface area contributed by atoms with Gasteiger partial charge in [-0.2, -0.15) is 0 Å². The number of rotatable bonds is 6. The normalized spacial score (nSPS) is 14.7. The Morgan fingerprint density at radius 3 is 2.69 bits per heavy atom. The molecule has 0 unspecified atom stereocenters. The molecule has 0 N–H and O–H groups in total. The molecule has 0 fully saturated rings. The molecule has 150 valence electrons. The van der Waals surface area contributed by atoms with E-state index in [2.05, 4.69) is 4.99 Å². The number of carbonyl (C=O) groups is 2. The summed E-state index contributed by atoms with van der Waals surface area (Å²) in [5, 5.41) is 0. The lowest BCUT2D eigenvalue weighted by Crippen LogP contribution is -2.15. The number of cyclic esters (lactones) is 1. The molecule has 0 spiro atoms. The van der Waals surface area contributed by atoms with Crippen LogP contribution in [0.5, 0.6) is 11.5 Å². The Balaban J connectivity index is 1.90. The van der Waals surface area contributed by atoms with Gasteiger partial charge in [-0.1, -0.05) is 26.0 Å². The first-order chi connectivity index (χ1) is 13.9. The number of benzene rings is 2. The van der Waals surface area contributed by atoms with Gasteiger partial charge in [-0.3, -0.25) is 4.79 Å². The summed E-state index contributed by atoms with van der Waals surface area (Å²) in [6.45, 7) is 5.65. The molecule has 3 rings (SSSR count). The van der Waals surface area contributed by atoms with Gasteiger partial charge in [0.1, 0.15) is 5.82 Å². The quantitative estimate of drug-likeness (QED) is 0.416. The Bertz CT molecular complexity index is 1010. The van der Waals surface area contributed by atoms with Crippen molar-refractivity contribution < 1.29 is 28.2 Å². The van der Waals surface area contributed by atoms with Crippen molar-refractivity contribution in [2.45, 2.75) is 20.8 Å². The Morgan fingerprint density at radius 2 is 2.00 bits per heavy atom. The Kier molecular flexibility index (Phi) is 6.07. The smallest absolute Gasteiger partial charge is 0.363 e. The van der Waals surface area contributed by atoms with Crippen LogP contribution < -0.4 is 9.47 Å². The molecule has 0 saturated carbocycles. The first-order valence-corrected chi connectivity index (χ1v) is 9.14. The molecule has 0 aromatic heterocycles. The predicted octanol–water partition coefficient (Wildman–Crippen LogP) is 4.13. The molecule has 7 heteroatoms. The van der Waals surface area contributed by atoms with E-state index < -0.39 is 11.8 Å². The van der Waals surface area contributed by atoms with Crippen LogP contribution in [0.1, 0.15) is 31.9 Å². The number of aliphatic imine (C=N–C) groups is 1. The molecule has 0 radical (unpaired) electrons. The van der Waals surface area contributed by atoms with E-state index >= 15 is 0 Å². The third-order valence-corrected chi connectivity index (χ3v) is 3.95. The van der Waals surface area contributed by atoms with Crippen LogP contribution in [-0.2, 0) is 14.3 Å². The second kappa shape index (κ2) is 8.68. The minimum Gasteiger partial charge on any atom is -0.490 e. The highest BCUT2D eigenvalue weighted by molar-refractivity contribution is 6.12. The van der Waals surface area contributed by atoms with Gasteiger partial charge in [0, 0.05) is 5.56 Å². The van der Waals surface area contributed by atoms with Crippen molar-refractivity contribution in [1.29, 1.82) is 0 Å². The highest BCUT2D eigenvalue weighted by atomic mass is 19.1. The van der Waals surface area contributed by atoms with Crippen LogP contribution in [0.15, 0.2) is 53.2 Å². The maximum Gasteiger partial charge on any atom is 0.363 e. The SMILES string of the molecule is CCOc1cc(/C=C2\N=C(c3cccc(F)c3)OC2=O)ccc1OC(=O)C(C)C. The van der Waals surface area contributed by atoms with Crippen LogP contribution in [0.4, 0.5) is 4.39 Å². The topological polar surface area (TPSA) is 74.2 Å². The first-order valence-electron chi connectivity index (χ1n) is 9.14. The van der Waals surface area contributed by atoms with Crippen molar-refractivity contribution in [2.75, 3.05) is 6.61 Å². The maximum absolute atomic E-state index is 13.4. The summed E-state index contributed by atoms with van der Waals surface area (Å²) in [6, 6.07) is 10.5. The van der Waals surface area contributed by atoms with Crippen molar-refractivity contribution in [1.82, 2.24) is 0 Å². The summed E-state index contributed by atoms with van der Waals surface area (Å²) in [4.78, 5) is 28.2. The van der Waals surface area contributed by atoms with Crippen LogP contribution in [0.2, 0.25) is 0 Å². The summed E-state index contributed by atoms with van der Waals surface area (Å²) >= 11 is 0. The summed E-state index contributed by atoms with van der Waals surface area (Å²) in [5.41, 5.74) is 1.04. The van der Waals surface area contributed by atoms with Gasteiger partial charge in [0.05, 0.1) is 12.5 Å². The third-order valence-electron chi connectivity index (χ3n) is 3.95. The highest BCUT2D eigenvalue weighted by Crippen LogP contribution is 2.31. The van der Waals surface area contributed by atoms with Gasteiger partial charge in [0.15, 0.2) is 17.2 Å². The number of hydrogen-bond acceptors (Lipinski definition) is 6. The van der Waals surface area contributed by atoms with E-state index in [1.807, 2.05) is 6.92 Å². The third kappa shape index (κ3) is 4.87. The summed E-state index contributed by atoms with van der Waals surface area (Å²) in [7, 11) is 0. The van der Waals surface area contributed by atoms with Gasteiger partial charge < -0.3 is 14.2 Å². The average molecular weight is 397 g/mol. The molecule has 0 atom stereocenters. The van der Waals surface area contributed by atoms with E-state index in [0.29, 0.717) is 29.2 Å². The minimum absolute atomic E-state index is 0.0354. The molecule has 1 heterocycles. The largest absolute Gasteiger partial charge is 0.490 e. The summed E-state index contributed by atoms with van der Waals surface area (Å²) in [5.74, 6) is -1.05. The zero-order valence-corrected chi connectivity index (χ0v) is 16.3. The standard InChI is InChI=1S/C22H20FNO5/c1-4-27-19-11-14(8-9-18(19)28-21(25)13(2)3)10-17-22(26)29-20(24-17)15-6-5-7-16(23)12-15/h5-13H,4H2,1-3H3/b17-10-. The van der Waals surface area contributed by atoms with E-state index in [1.54, 1.807) is 38.1 Å². The summed E-state index contributed by atoms with van der Waals surface area (Å²) in [6.07, 6.45) is 1.52. The number of carbonyl (C=O) groups excluding carboxylic acids is 2. The van der Waals surface area contributed by atoms with Crippen LogP contribution in [0.25, 0.3) is 6.08 Å². The van der Waals surface area contributed by atoms with Crippen LogP contribution in [-0.4, -0.2) is 24.4 Å². The maximum atomic E-state index is 13.4. The average Bonchev–Trinajstić information content (AvgIpc) is 3.04. The minimum atomic E-state index is -0.641. The molecular weight excluding hydrogens is 377 g/mol. The Morgan fingerprint density at radius 1 is 1.21 bits per heavy atom. The second-order valence-electron chi connectivity index (χ2n) is 6.56. The summed E-state index contributed by atoms with van der Waals surface area (Å²) < 4.78 is 29.4. The number of nitrogens with zero attached hydrogens (tertiary/aromatic N) is 1. The fourth-order valence-corrected chi connectivity index (χ4v) is 2.51. The van der Waals surface area contributed by atoms with Gasteiger partial charge >= 0.3 is 11.9 Å².